The van der Waals surface area contributed by atoms with Crippen molar-refractivity contribution in [3.05, 3.63) is 95.3 Å². The van der Waals surface area contributed by atoms with Crippen molar-refractivity contribution in [2.45, 2.75) is 32.6 Å². The number of carbonyl (C=O) groups excluding carboxylic acids is 1. The number of carbonyl (C=O) groups is 1. The van der Waals surface area contributed by atoms with E-state index in [4.69, 9.17) is 5.84 Å². The molecule has 4 rings (SSSR count). The number of ketones is 1. The van der Waals surface area contributed by atoms with Gasteiger partial charge >= 0.3 is 0 Å². The Bertz CT molecular complexity index is 1200. The molecule has 1 unspecified atom stereocenters. The molecule has 0 amide bonds. The highest BCUT2D eigenvalue weighted by Crippen LogP contribution is 2.39. The number of hydrogen-bond acceptors (Lipinski definition) is 6. The highest BCUT2D eigenvalue weighted by Gasteiger charge is 2.32. The van der Waals surface area contributed by atoms with Crippen LogP contribution >= 0.6 is 0 Å². The van der Waals surface area contributed by atoms with E-state index in [9.17, 15) is 4.79 Å². The van der Waals surface area contributed by atoms with Gasteiger partial charge in [0.05, 0.1) is 6.42 Å². The zero-order valence-electron chi connectivity index (χ0n) is 18.4. The van der Waals surface area contributed by atoms with E-state index in [0.29, 0.717) is 23.7 Å². The van der Waals surface area contributed by atoms with E-state index in [0.717, 1.165) is 21.6 Å². The van der Waals surface area contributed by atoms with Crippen LogP contribution in [-0.2, 0) is 11.8 Å². The Morgan fingerprint density at radius 3 is 2.19 bits per heavy atom. The van der Waals surface area contributed by atoms with Gasteiger partial charge in [0, 0.05) is 28.4 Å². The van der Waals surface area contributed by atoms with Crippen LogP contribution in [0.3, 0.4) is 0 Å². The number of Topliss-reactive ketones (excluding diaryl/α,β-unsaturated/α-hetero) is 1. The standard InChI is InChI=1S/C25H26N6O/c1-17(2)25(3,21-13-9-19(10-14-21)24-28-29-30-31(24)26)20-11-7-18(8-12-20)23(32)16-22-6-4-5-15-27-22/h4-15,17H,16,26H2,1-3H3. The number of tetrazole rings is 1. The van der Waals surface area contributed by atoms with Crippen molar-refractivity contribution in [3.8, 4) is 11.4 Å². The average Bonchev–Trinajstić information content (AvgIpc) is 3.25. The third-order valence-corrected chi connectivity index (χ3v) is 6.26. The van der Waals surface area contributed by atoms with Crippen molar-refractivity contribution in [2.75, 3.05) is 5.84 Å². The summed E-state index contributed by atoms with van der Waals surface area (Å²) in [6.07, 6.45) is 2.00. The number of rotatable bonds is 7. The fourth-order valence-electron chi connectivity index (χ4n) is 3.95. The van der Waals surface area contributed by atoms with Crippen LogP contribution in [0.5, 0.6) is 0 Å². The summed E-state index contributed by atoms with van der Waals surface area (Å²) in [5.41, 5.74) is 4.39. The molecule has 2 heterocycles. The van der Waals surface area contributed by atoms with Gasteiger partial charge in [-0.2, -0.15) is 0 Å². The summed E-state index contributed by atoms with van der Waals surface area (Å²) in [5.74, 6) is 6.67. The second kappa shape index (κ2) is 8.70. The van der Waals surface area contributed by atoms with Gasteiger partial charge in [-0.1, -0.05) is 75.4 Å². The van der Waals surface area contributed by atoms with Crippen LogP contribution in [0.1, 0.15) is 48.0 Å². The summed E-state index contributed by atoms with van der Waals surface area (Å²) in [4.78, 5) is 18.1. The first kappa shape index (κ1) is 21.4. The van der Waals surface area contributed by atoms with Crippen LogP contribution in [0.15, 0.2) is 72.9 Å². The molecule has 0 saturated carbocycles. The molecule has 2 aromatic carbocycles. The fraction of sp³-hybridized carbons (Fsp3) is 0.240. The number of pyridine rings is 1. The zero-order valence-corrected chi connectivity index (χ0v) is 18.4. The van der Waals surface area contributed by atoms with Crippen molar-refractivity contribution in [3.63, 3.8) is 0 Å². The predicted octanol–water partition coefficient (Wildman–Crippen LogP) is 3.84. The van der Waals surface area contributed by atoms with E-state index in [1.54, 1.807) is 6.20 Å². The van der Waals surface area contributed by atoms with Crippen LogP contribution in [0, 0.1) is 5.92 Å². The van der Waals surface area contributed by atoms with Gasteiger partial charge in [-0.15, -0.1) is 9.89 Å². The Hall–Kier alpha value is -3.87. The van der Waals surface area contributed by atoms with Crippen molar-refractivity contribution in [1.29, 1.82) is 0 Å². The lowest BCUT2D eigenvalue weighted by molar-refractivity contribution is 0.0992. The average molecular weight is 427 g/mol. The third-order valence-electron chi connectivity index (χ3n) is 6.26. The largest absolute Gasteiger partial charge is 0.320 e. The van der Waals surface area contributed by atoms with Crippen molar-refractivity contribution in [1.82, 2.24) is 25.3 Å². The normalized spacial score (nSPS) is 13.1. The van der Waals surface area contributed by atoms with Crippen LogP contribution in [0.25, 0.3) is 11.4 Å². The Kier molecular flexibility index (Phi) is 5.81. The van der Waals surface area contributed by atoms with Gasteiger partial charge in [-0.25, -0.2) is 0 Å². The van der Waals surface area contributed by atoms with Crippen LogP contribution in [0.2, 0.25) is 0 Å². The summed E-state index contributed by atoms with van der Waals surface area (Å²) in [5, 5.41) is 11.3. The molecule has 0 radical (unpaired) electrons. The lowest BCUT2D eigenvalue weighted by Gasteiger charge is -2.35. The number of aromatic nitrogens is 5. The van der Waals surface area contributed by atoms with E-state index in [1.165, 1.54) is 5.56 Å². The maximum Gasteiger partial charge on any atom is 0.204 e. The molecule has 0 aliphatic rings. The van der Waals surface area contributed by atoms with E-state index in [2.05, 4.69) is 65.5 Å². The number of nitrogens with two attached hydrogens (primary N) is 1. The van der Waals surface area contributed by atoms with E-state index in [-0.39, 0.29) is 11.2 Å². The minimum Gasteiger partial charge on any atom is -0.320 e. The molecule has 0 fully saturated rings. The van der Waals surface area contributed by atoms with Gasteiger partial charge in [0.1, 0.15) is 0 Å². The topological polar surface area (TPSA) is 99.6 Å². The van der Waals surface area contributed by atoms with Crippen molar-refractivity contribution >= 4 is 5.78 Å². The third kappa shape index (κ3) is 4.01. The molecule has 1 atom stereocenters. The number of benzene rings is 2. The first-order chi connectivity index (χ1) is 15.4. The maximum atomic E-state index is 12.7. The molecule has 0 aliphatic heterocycles. The highest BCUT2D eigenvalue weighted by molar-refractivity contribution is 5.97. The summed E-state index contributed by atoms with van der Waals surface area (Å²) < 4.78 is 0. The van der Waals surface area contributed by atoms with Crippen molar-refractivity contribution < 1.29 is 4.79 Å². The molecule has 2 aromatic heterocycles. The smallest absolute Gasteiger partial charge is 0.204 e. The number of nitrogens with zero attached hydrogens (tertiary/aromatic N) is 5. The van der Waals surface area contributed by atoms with Crippen LogP contribution < -0.4 is 5.84 Å². The monoisotopic (exact) mass is 426 g/mol. The SMILES string of the molecule is CC(C)C(C)(c1ccc(C(=O)Cc2ccccn2)cc1)c1ccc(-c2nnnn2N)cc1. The highest BCUT2D eigenvalue weighted by atomic mass is 16.1. The minimum absolute atomic E-state index is 0.0605. The Labute approximate surface area is 187 Å². The quantitative estimate of drug-likeness (QED) is 0.356. The maximum absolute atomic E-state index is 12.7. The molecular formula is C25H26N6O. The summed E-state index contributed by atoms with van der Waals surface area (Å²) >= 11 is 0. The first-order valence-electron chi connectivity index (χ1n) is 10.6. The molecule has 0 spiro atoms. The summed E-state index contributed by atoms with van der Waals surface area (Å²) in [6.45, 7) is 6.63. The van der Waals surface area contributed by atoms with Crippen LogP contribution in [0.4, 0.5) is 0 Å². The fourth-order valence-corrected chi connectivity index (χ4v) is 3.95. The van der Waals surface area contributed by atoms with Gasteiger partial charge in [0.25, 0.3) is 0 Å². The second-order valence-corrected chi connectivity index (χ2v) is 8.38. The molecule has 0 bridgehead atoms. The molecule has 0 saturated heterocycles. The van der Waals surface area contributed by atoms with Gasteiger partial charge in [-0.05, 0) is 39.6 Å². The summed E-state index contributed by atoms with van der Waals surface area (Å²) in [7, 11) is 0. The number of hydrogen-bond donors (Lipinski definition) is 1. The molecule has 32 heavy (non-hydrogen) atoms. The van der Waals surface area contributed by atoms with Crippen LogP contribution in [-0.4, -0.2) is 31.1 Å². The molecule has 0 aliphatic carbocycles. The van der Waals surface area contributed by atoms with E-state index >= 15 is 0 Å². The molecule has 7 heteroatoms. The van der Waals surface area contributed by atoms with Crippen molar-refractivity contribution in [2.24, 2.45) is 5.92 Å². The number of nitrogen functional groups attached to an aromatic ring is 1. The molecule has 162 valence electrons. The predicted molar refractivity (Wildman–Crippen MR) is 123 cm³/mol. The Morgan fingerprint density at radius 2 is 1.66 bits per heavy atom. The van der Waals surface area contributed by atoms with Gasteiger partial charge in [-0.3, -0.25) is 9.78 Å². The molecular weight excluding hydrogens is 400 g/mol. The van der Waals surface area contributed by atoms with Gasteiger partial charge in [0.15, 0.2) is 5.78 Å². The summed E-state index contributed by atoms with van der Waals surface area (Å²) in [6, 6.07) is 21.7. The molecule has 4 aromatic rings. The second-order valence-electron chi connectivity index (χ2n) is 8.38. The lowest BCUT2D eigenvalue weighted by atomic mass is 9.68. The zero-order chi connectivity index (χ0) is 22.7. The molecule has 2 N–H and O–H groups in total. The first-order valence-corrected chi connectivity index (χ1v) is 10.6. The van der Waals surface area contributed by atoms with E-state index in [1.807, 2.05) is 42.5 Å². The Morgan fingerprint density at radius 1 is 1.00 bits per heavy atom. The van der Waals surface area contributed by atoms with Gasteiger partial charge in [0.2, 0.25) is 5.82 Å². The lowest BCUT2D eigenvalue weighted by Crippen LogP contribution is -2.30. The molecule has 7 nitrogen and oxygen atoms in total. The Balaban J connectivity index is 1.60. The minimum atomic E-state index is -0.240. The van der Waals surface area contributed by atoms with E-state index < -0.39 is 0 Å². The van der Waals surface area contributed by atoms with Gasteiger partial charge < -0.3 is 5.84 Å².